The number of H-pyrrole nitrogens is 1. The molecular formula is C18H17Cl2N3OS. The second-order valence-corrected chi connectivity index (χ2v) is 7.32. The summed E-state index contributed by atoms with van der Waals surface area (Å²) >= 11 is 17.5. The third-order valence-corrected chi connectivity index (χ3v) is 5.04. The molecule has 0 radical (unpaired) electrons. The lowest BCUT2D eigenvalue weighted by molar-refractivity contribution is 0.465. The van der Waals surface area contributed by atoms with E-state index in [0.717, 1.165) is 16.7 Å². The van der Waals surface area contributed by atoms with E-state index in [0.29, 0.717) is 27.2 Å². The Morgan fingerprint density at radius 3 is 2.60 bits per heavy atom. The van der Waals surface area contributed by atoms with E-state index in [1.807, 2.05) is 42.7 Å². The van der Waals surface area contributed by atoms with Crippen LogP contribution in [-0.4, -0.2) is 19.9 Å². The number of nitrogens with one attached hydrogen (secondary N) is 1. The van der Waals surface area contributed by atoms with Gasteiger partial charge in [0.2, 0.25) is 0 Å². The van der Waals surface area contributed by atoms with E-state index < -0.39 is 0 Å². The molecule has 0 spiro atoms. The van der Waals surface area contributed by atoms with Crippen LogP contribution in [-0.2, 0) is 6.54 Å². The molecule has 1 aromatic heterocycles. The molecule has 0 aliphatic heterocycles. The molecule has 0 aliphatic rings. The van der Waals surface area contributed by atoms with Crippen molar-refractivity contribution in [2.75, 3.05) is 0 Å². The third kappa shape index (κ3) is 3.73. The molecule has 3 aromatic rings. The van der Waals surface area contributed by atoms with Crippen molar-refractivity contribution in [2.45, 2.75) is 26.3 Å². The topological polar surface area (TPSA) is 53.8 Å². The lowest BCUT2D eigenvalue weighted by Crippen LogP contribution is -2.03. The molecule has 0 saturated heterocycles. The Hall–Kier alpha value is -1.82. The maximum Gasteiger partial charge on any atom is 0.195 e. The van der Waals surface area contributed by atoms with Crippen LogP contribution in [0.5, 0.6) is 5.75 Å². The molecule has 0 bridgehead atoms. The molecule has 0 unspecified atom stereocenters. The van der Waals surface area contributed by atoms with Gasteiger partial charge in [0.1, 0.15) is 5.75 Å². The van der Waals surface area contributed by atoms with Crippen molar-refractivity contribution in [3.63, 3.8) is 0 Å². The number of halogens is 2. The SMILES string of the molecule is CC(C)c1cc(-c2n[nH]c(=S)n2Cc2ccc(Cl)c(Cl)c2)ccc1O. The Kier molecular flexibility index (Phi) is 5.18. The lowest BCUT2D eigenvalue weighted by atomic mass is 9.99. The van der Waals surface area contributed by atoms with Gasteiger partial charge >= 0.3 is 0 Å². The minimum absolute atomic E-state index is 0.199. The zero-order valence-electron chi connectivity index (χ0n) is 13.8. The highest BCUT2D eigenvalue weighted by Crippen LogP contribution is 2.30. The van der Waals surface area contributed by atoms with Gasteiger partial charge in [-0.2, -0.15) is 5.10 Å². The molecule has 2 aromatic carbocycles. The number of rotatable bonds is 4. The molecular weight excluding hydrogens is 377 g/mol. The highest BCUT2D eigenvalue weighted by atomic mass is 35.5. The van der Waals surface area contributed by atoms with Gasteiger partial charge in [-0.05, 0) is 59.6 Å². The summed E-state index contributed by atoms with van der Waals surface area (Å²) in [5, 5.41) is 18.3. The predicted molar refractivity (Wildman–Crippen MR) is 104 cm³/mol. The Balaban J connectivity index is 2.04. The fraction of sp³-hybridized carbons (Fsp3) is 0.222. The number of hydrogen-bond acceptors (Lipinski definition) is 3. The summed E-state index contributed by atoms with van der Waals surface area (Å²) in [6.45, 7) is 4.58. The van der Waals surface area contributed by atoms with E-state index in [-0.39, 0.29) is 11.7 Å². The predicted octanol–water partition coefficient (Wildman–Crippen LogP) is 5.79. The first-order chi connectivity index (χ1) is 11.9. The van der Waals surface area contributed by atoms with Crippen molar-refractivity contribution in [1.29, 1.82) is 0 Å². The zero-order valence-corrected chi connectivity index (χ0v) is 16.1. The van der Waals surface area contributed by atoms with Crippen LogP contribution in [0.2, 0.25) is 10.0 Å². The van der Waals surface area contributed by atoms with Crippen molar-refractivity contribution in [1.82, 2.24) is 14.8 Å². The Morgan fingerprint density at radius 1 is 1.16 bits per heavy atom. The van der Waals surface area contributed by atoms with Crippen molar-refractivity contribution < 1.29 is 5.11 Å². The monoisotopic (exact) mass is 393 g/mol. The molecule has 4 nitrogen and oxygen atoms in total. The first-order valence-electron chi connectivity index (χ1n) is 7.79. The highest BCUT2D eigenvalue weighted by molar-refractivity contribution is 7.71. The average Bonchev–Trinajstić information content (AvgIpc) is 2.92. The summed E-state index contributed by atoms with van der Waals surface area (Å²) < 4.78 is 2.41. The van der Waals surface area contributed by atoms with E-state index in [1.54, 1.807) is 12.1 Å². The standard InChI is InChI=1S/C18H17Cl2N3OS/c1-10(2)13-8-12(4-6-16(13)24)17-21-22-18(25)23(17)9-11-3-5-14(19)15(20)7-11/h3-8,10,24H,9H2,1-2H3,(H,22,25). The molecule has 0 amide bonds. The van der Waals surface area contributed by atoms with Crippen molar-refractivity contribution >= 4 is 35.4 Å². The zero-order chi connectivity index (χ0) is 18.1. The maximum atomic E-state index is 10.0. The van der Waals surface area contributed by atoms with E-state index in [4.69, 9.17) is 35.4 Å². The van der Waals surface area contributed by atoms with E-state index in [1.165, 1.54) is 0 Å². The van der Waals surface area contributed by atoms with Gasteiger partial charge in [-0.25, -0.2) is 0 Å². The van der Waals surface area contributed by atoms with Crippen molar-refractivity contribution in [2.24, 2.45) is 0 Å². The normalized spacial score (nSPS) is 11.2. The first-order valence-corrected chi connectivity index (χ1v) is 8.95. The molecule has 0 saturated carbocycles. The van der Waals surface area contributed by atoms with Crippen LogP contribution in [0, 0.1) is 4.77 Å². The summed E-state index contributed by atoms with van der Waals surface area (Å²) in [7, 11) is 0. The number of aromatic amines is 1. The Labute approximate surface area is 161 Å². The number of aromatic hydroxyl groups is 1. The smallest absolute Gasteiger partial charge is 0.195 e. The van der Waals surface area contributed by atoms with Gasteiger partial charge in [0.25, 0.3) is 0 Å². The van der Waals surface area contributed by atoms with Gasteiger partial charge in [-0.1, -0.05) is 43.1 Å². The van der Waals surface area contributed by atoms with Gasteiger partial charge < -0.3 is 5.11 Å². The van der Waals surface area contributed by atoms with Crippen molar-refractivity contribution in [3.8, 4) is 17.1 Å². The van der Waals surface area contributed by atoms with Crippen molar-refractivity contribution in [3.05, 3.63) is 62.3 Å². The molecule has 130 valence electrons. The Bertz CT molecular complexity index is 979. The van der Waals surface area contributed by atoms with Gasteiger partial charge in [0.05, 0.1) is 16.6 Å². The van der Waals surface area contributed by atoms with Crippen LogP contribution in [0.25, 0.3) is 11.4 Å². The second kappa shape index (κ2) is 7.20. The molecule has 0 fully saturated rings. The molecule has 3 rings (SSSR count). The van der Waals surface area contributed by atoms with Gasteiger partial charge in [-0.3, -0.25) is 9.67 Å². The third-order valence-electron chi connectivity index (χ3n) is 3.99. The lowest BCUT2D eigenvalue weighted by Gasteiger charge is -2.12. The minimum Gasteiger partial charge on any atom is -0.508 e. The maximum absolute atomic E-state index is 10.0. The van der Waals surface area contributed by atoms with Crippen LogP contribution >= 0.6 is 35.4 Å². The summed E-state index contributed by atoms with van der Waals surface area (Å²) in [6.07, 6.45) is 0. The molecule has 0 aliphatic carbocycles. The van der Waals surface area contributed by atoms with E-state index in [9.17, 15) is 5.11 Å². The van der Waals surface area contributed by atoms with Gasteiger partial charge in [-0.15, -0.1) is 0 Å². The van der Waals surface area contributed by atoms with Crippen LogP contribution in [0.1, 0.15) is 30.9 Å². The van der Waals surface area contributed by atoms with Crippen LogP contribution in [0.4, 0.5) is 0 Å². The summed E-state index contributed by atoms with van der Waals surface area (Å²) in [5.41, 5.74) is 2.72. The number of aromatic nitrogens is 3. The molecule has 0 atom stereocenters. The fourth-order valence-corrected chi connectivity index (χ4v) is 3.18. The quantitative estimate of drug-likeness (QED) is 0.551. The Morgan fingerprint density at radius 2 is 1.92 bits per heavy atom. The summed E-state index contributed by atoms with van der Waals surface area (Å²) in [4.78, 5) is 0. The number of hydrogen-bond donors (Lipinski definition) is 2. The average molecular weight is 394 g/mol. The number of phenolic OH excluding ortho intramolecular Hbond substituents is 1. The summed E-state index contributed by atoms with van der Waals surface area (Å²) in [5.74, 6) is 1.19. The largest absolute Gasteiger partial charge is 0.508 e. The fourth-order valence-electron chi connectivity index (χ4n) is 2.66. The molecule has 1 heterocycles. The molecule has 2 N–H and O–H groups in total. The number of phenols is 1. The first kappa shape index (κ1) is 18.0. The minimum atomic E-state index is 0.199. The summed E-state index contributed by atoms with van der Waals surface area (Å²) in [6, 6.07) is 10.9. The van der Waals surface area contributed by atoms with Crippen LogP contribution in [0.3, 0.4) is 0 Å². The van der Waals surface area contributed by atoms with Gasteiger partial charge in [0, 0.05) is 5.56 Å². The van der Waals surface area contributed by atoms with Crippen LogP contribution < -0.4 is 0 Å². The van der Waals surface area contributed by atoms with Crippen LogP contribution in [0.15, 0.2) is 36.4 Å². The van der Waals surface area contributed by atoms with E-state index >= 15 is 0 Å². The number of benzene rings is 2. The molecule has 25 heavy (non-hydrogen) atoms. The van der Waals surface area contributed by atoms with Gasteiger partial charge in [0.15, 0.2) is 10.6 Å². The molecule has 7 heteroatoms. The second-order valence-electron chi connectivity index (χ2n) is 6.12. The number of nitrogens with zero attached hydrogens (tertiary/aromatic N) is 2. The highest BCUT2D eigenvalue weighted by Gasteiger charge is 2.14. The van der Waals surface area contributed by atoms with E-state index in [2.05, 4.69) is 10.2 Å².